The Kier molecular flexibility index (Phi) is 6.74. The molecule has 0 unspecified atom stereocenters. The Morgan fingerprint density at radius 3 is 2.44 bits per heavy atom. The number of rotatable bonds is 3. The van der Waals surface area contributed by atoms with E-state index in [-0.39, 0.29) is 24.2 Å². The second kappa shape index (κ2) is 7.56. The van der Waals surface area contributed by atoms with Crippen LogP contribution in [0.5, 0.6) is 0 Å². The Labute approximate surface area is 127 Å². The van der Waals surface area contributed by atoms with Crippen molar-refractivity contribution in [3.05, 3.63) is 21.3 Å². The SMILES string of the molecule is Cl.O=C(CCl)N1CCN(Cc2ccc(Cl)s2)CC1. The van der Waals surface area contributed by atoms with E-state index in [9.17, 15) is 4.79 Å². The van der Waals surface area contributed by atoms with Crippen molar-refractivity contribution in [2.24, 2.45) is 0 Å². The monoisotopic (exact) mass is 328 g/mol. The molecule has 0 atom stereocenters. The zero-order valence-corrected chi connectivity index (χ0v) is 12.9. The van der Waals surface area contributed by atoms with Gasteiger partial charge in [-0.2, -0.15) is 0 Å². The fourth-order valence-electron chi connectivity index (χ4n) is 1.90. The van der Waals surface area contributed by atoms with Crippen LogP contribution in [0, 0.1) is 0 Å². The quantitative estimate of drug-likeness (QED) is 0.796. The molecule has 2 heterocycles. The van der Waals surface area contributed by atoms with Crippen LogP contribution in [0.2, 0.25) is 4.34 Å². The van der Waals surface area contributed by atoms with Gasteiger partial charge in [-0.15, -0.1) is 35.3 Å². The molecule has 18 heavy (non-hydrogen) atoms. The molecule has 1 saturated heterocycles. The predicted molar refractivity (Wildman–Crippen MR) is 79.2 cm³/mol. The van der Waals surface area contributed by atoms with Gasteiger partial charge in [-0.3, -0.25) is 9.69 Å². The van der Waals surface area contributed by atoms with Crippen molar-refractivity contribution in [1.29, 1.82) is 0 Å². The molecule has 1 aromatic rings. The molecule has 0 spiro atoms. The van der Waals surface area contributed by atoms with Crippen LogP contribution < -0.4 is 0 Å². The molecule has 1 aliphatic rings. The topological polar surface area (TPSA) is 23.6 Å². The van der Waals surface area contributed by atoms with E-state index in [0.29, 0.717) is 0 Å². The summed E-state index contributed by atoms with van der Waals surface area (Å²) in [6.45, 7) is 4.26. The van der Waals surface area contributed by atoms with Gasteiger partial charge in [0.1, 0.15) is 5.88 Å². The van der Waals surface area contributed by atoms with Crippen molar-refractivity contribution in [3.63, 3.8) is 0 Å². The number of carbonyl (C=O) groups excluding carboxylic acids is 1. The minimum absolute atomic E-state index is 0. The van der Waals surface area contributed by atoms with Gasteiger partial charge < -0.3 is 4.90 Å². The molecular weight excluding hydrogens is 315 g/mol. The van der Waals surface area contributed by atoms with Gasteiger partial charge >= 0.3 is 0 Å². The minimum Gasteiger partial charge on any atom is -0.339 e. The average molecular weight is 330 g/mol. The smallest absolute Gasteiger partial charge is 0.237 e. The average Bonchev–Trinajstić information content (AvgIpc) is 2.75. The summed E-state index contributed by atoms with van der Waals surface area (Å²) in [6.07, 6.45) is 0. The van der Waals surface area contributed by atoms with Gasteiger partial charge in [0.15, 0.2) is 0 Å². The van der Waals surface area contributed by atoms with Gasteiger partial charge in [-0.25, -0.2) is 0 Å². The van der Waals surface area contributed by atoms with Crippen LogP contribution in [0.1, 0.15) is 4.88 Å². The summed E-state index contributed by atoms with van der Waals surface area (Å²) >= 11 is 13.0. The molecule has 0 N–H and O–H groups in total. The third-order valence-electron chi connectivity index (χ3n) is 2.85. The highest BCUT2D eigenvalue weighted by molar-refractivity contribution is 7.16. The van der Waals surface area contributed by atoms with Crippen LogP contribution in [0.4, 0.5) is 0 Å². The third-order valence-corrected chi connectivity index (χ3v) is 4.29. The molecule has 1 amide bonds. The van der Waals surface area contributed by atoms with E-state index in [1.54, 1.807) is 11.3 Å². The Morgan fingerprint density at radius 1 is 1.28 bits per heavy atom. The van der Waals surface area contributed by atoms with Crippen LogP contribution in [-0.2, 0) is 11.3 Å². The Morgan fingerprint density at radius 2 is 1.94 bits per heavy atom. The maximum atomic E-state index is 11.4. The lowest BCUT2D eigenvalue weighted by atomic mass is 10.3. The largest absolute Gasteiger partial charge is 0.339 e. The lowest BCUT2D eigenvalue weighted by molar-refractivity contribution is -0.130. The van der Waals surface area contributed by atoms with E-state index in [4.69, 9.17) is 23.2 Å². The van der Waals surface area contributed by atoms with Crippen LogP contribution in [0.25, 0.3) is 0 Å². The first-order valence-electron chi connectivity index (χ1n) is 5.49. The first-order chi connectivity index (χ1) is 8.19. The first-order valence-corrected chi connectivity index (χ1v) is 7.22. The zero-order valence-electron chi connectivity index (χ0n) is 9.77. The summed E-state index contributed by atoms with van der Waals surface area (Å²) in [7, 11) is 0. The van der Waals surface area contributed by atoms with Gasteiger partial charge in [0.05, 0.1) is 4.34 Å². The highest BCUT2D eigenvalue weighted by Gasteiger charge is 2.20. The molecule has 102 valence electrons. The van der Waals surface area contributed by atoms with Crippen molar-refractivity contribution in [1.82, 2.24) is 9.80 Å². The molecule has 0 aromatic carbocycles. The van der Waals surface area contributed by atoms with Crippen LogP contribution in [-0.4, -0.2) is 47.8 Å². The molecule has 0 aliphatic carbocycles. The molecule has 1 fully saturated rings. The highest BCUT2D eigenvalue weighted by Crippen LogP contribution is 2.23. The van der Waals surface area contributed by atoms with E-state index < -0.39 is 0 Å². The standard InChI is InChI=1S/C11H14Cl2N2OS.ClH/c12-7-11(16)15-5-3-14(4-6-15)8-9-1-2-10(13)17-9;/h1-2H,3-8H2;1H. The number of hydrogen-bond donors (Lipinski definition) is 0. The molecule has 3 nitrogen and oxygen atoms in total. The van der Waals surface area contributed by atoms with Crippen LogP contribution in [0.15, 0.2) is 12.1 Å². The Balaban J connectivity index is 0.00000162. The zero-order chi connectivity index (χ0) is 12.3. The van der Waals surface area contributed by atoms with Gasteiger partial charge in [-0.1, -0.05) is 11.6 Å². The van der Waals surface area contributed by atoms with Gasteiger partial charge in [0.2, 0.25) is 5.91 Å². The number of amides is 1. The minimum atomic E-state index is 0. The molecule has 0 radical (unpaired) electrons. The van der Waals surface area contributed by atoms with E-state index in [1.165, 1.54) is 4.88 Å². The van der Waals surface area contributed by atoms with E-state index in [1.807, 2.05) is 11.0 Å². The van der Waals surface area contributed by atoms with Crippen molar-refractivity contribution in [2.75, 3.05) is 32.1 Å². The lowest BCUT2D eigenvalue weighted by Crippen LogP contribution is -2.48. The molecule has 1 aromatic heterocycles. The fraction of sp³-hybridized carbons (Fsp3) is 0.545. The van der Waals surface area contributed by atoms with E-state index in [2.05, 4.69) is 11.0 Å². The number of alkyl halides is 1. The summed E-state index contributed by atoms with van der Waals surface area (Å²) in [5.74, 6) is 0.117. The van der Waals surface area contributed by atoms with Gasteiger partial charge in [-0.05, 0) is 12.1 Å². The van der Waals surface area contributed by atoms with Crippen LogP contribution >= 0.6 is 46.9 Å². The number of thiophene rings is 1. The first kappa shape index (κ1) is 16.1. The van der Waals surface area contributed by atoms with Crippen molar-refractivity contribution < 1.29 is 4.79 Å². The van der Waals surface area contributed by atoms with Gasteiger partial charge in [0, 0.05) is 37.6 Å². The van der Waals surface area contributed by atoms with E-state index >= 15 is 0 Å². The third kappa shape index (κ3) is 4.28. The number of carbonyl (C=O) groups is 1. The Hall–Kier alpha value is -0.000000000000000139. The normalized spacial score (nSPS) is 16.4. The molecule has 1 aliphatic heterocycles. The van der Waals surface area contributed by atoms with Gasteiger partial charge in [0.25, 0.3) is 0 Å². The molecular formula is C11H15Cl3N2OS. The van der Waals surface area contributed by atoms with Crippen molar-refractivity contribution in [3.8, 4) is 0 Å². The van der Waals surface area contributed by atoms with Crippen LogP contribution in [0.3, 0.4) is 0 Å². The Bertz CT molecular complexity index is 391. The molecule has 0 bridgehead atoms. The predicted octanol–water partition coefficient (Wildman–Crippen LogP) is 2.71. The highest BCUT2D eigenvalue weighted by atomic mass is 35.5. The molecule has 0 saturated carbocycles. The van der Waals surface area contributed by atoms with Crippen molar-refractivity contribution in [2.45, 2.75) is 6.54 Å². The lowest BCUT2D eigenvalue weighted by Gasteiger charge is -2.34. The summed E-state index contributed by atoms with van der Waals surface area (Å²) < 4.78 is 0.830. The number of hydrogen-bond acceptors (Lipinski definition) is 3. The maximum Gasteiger partial charge on any atom is 0.237 e. The van der Waals surface area contributed by atoms with E-state index in [0.717, 1.165) is 37.1 Å². The number of nitrogens with zero attached hydrogens (tertiary/aromatic N) is 2. The summed E-state index contributed by atoms with van der Waals surface area (Å²) in [6, 6.07) is 3.98. The second-order valence-corrected chi connectivity index (χ2v) is 6.06. The molecule has 2 rings (SSSR count). The maximum absolute atomic E-state index is 11.4. The summed E-state index contributed by atoms with van der Waals surface area (Å²) in [5.41, 5.74) is 0. The summed E-state index contributed by atoms with van der Waals surface area (Å²) in [4.78, 5) is 16.8. The number of halogens is 3. The second-order valence-electron chi connectivity index (χ2n) is 4.00. The fourth-order valence-corrected chi connectivity index (χ4v) is 3.20. The van der Waals surface area contributed by atoms with Crippen molar-refractivity contribution >= 4 is 52.9 Å². The molecule has 7 heteroatoms. The number of piperazine rings is 1. The summed E-state index contributed by atoms with van der Waals surface area (Å²) in [5, 5.41) is 0.